The van der Waals surface area contributed by atoms with E-state index in [1.54, 1.807) is 12.1 Å². The lowest BCUT2D eigenvalue weighted by molar-refractivity contribution is 0.640. The average molecular weight is 271 g/mol. The summed E-state index contributed by atoms with van der Waals surface area (Å²) in [7, 11) is 0. The second kappa shape index (κ2) is 3.68. The first kappa shape index (κ1) is 10.8. The van der Waals surface area contributed by atoms with Crippen LogP contribution >= 0.6 is 11.6 Å². The molecule has 2 heterocycles. The minimum absolute atomic E-state index is 0.289. The van der Waals surface area contributed by atoms with Crippen molar-refractivity contribution in [3.8, 4) is 11.4 Å². The Morgan fingerprint density at radius 2 is 1.89 bits per heavy atom. The highest BCUT2D eigenvalue weighted by Crippen LogP contribution is 2.39. The zero-order chi connectivity index (χ0) is 13.0. The predicted molar refractivity (Wildman–Crippen MR) is 75.2 cm³/mol. The average Bonchev–Trinajstić information content (AvgIpc) is 2.79. The number of para-hydroxylation sites is 1. The Bertz CT molecular complexity index is 897. The molecule has 0 spiro atoms. The highest BCUT2D eigenvalue weighted by atomic mass is 35.5. The molecule has 0 saturated heterocycles. The Hall–Kier alpha value is -2.13. The summed E-state index contributed by atoms with van der Waals surface area (Å²) in [5.74, 6) is -0.289. The van der Waals surface area contributed by atoms with E-state index < -0.39 is 0 Å². The first-order valence-corrected chi connectivity index (χ1v) is 6.27. The van der Waals surface area contributed by atoms with Gasteiger partial charge in [0.1, 0.15) is 11.5 Å². The van der Waals surface area contributed by atoms with Crippen LogP contribution in [0.2, 0.25) is 5.02 Å². The van der Waals surface area contributed by atoms with Crippen LogP contribution in [-0.4, -0.2) is 9.97 Å². The van der Waals surface area contributed by atoms with Crippen molar-refractivity contribution in [2.24, 2.45) is 0 Å². The van der Waals surface area contributed by atoms with E-state index in [0.717, 1.165) is 10.9 Å². The molecule has 2 nitrogen and oxygen atoms in total. The fourth-order valence-electron chi connectivity index (χ4n) is 2.47. The molecule has 4 rings (SSSR count). The summed E-state index contributed by atoms with van der Waals surface area (Å²) in [6, 6.07) is 12.5. The van der Waals surface area contributed by atoms with Crippen molar-refractivity contribution in [1.29, 1.82) is 0 Å². The van der Waals surface area contributed by atoms with Gasteiger partial charge in [0.2, 0.25) is 0 Å². The third-order valence-electron chi connectivity index (χ3n) is 3.34. The van der Waals surface area contributed by atoms with E-state index in [1.807, 2.05) is 24.3 Å². The fraction of sp³-hybridized carbons (Fsp3) is 0. The topological polar surface area (TPSA) is 28.7 Å². The van der Waals surface area contributed by atoms with Crippen LogP contribution in [-0.2, 0) is 0 Å². The van der Waals surface area contributed by atoms with Crippen LogP contribution in [0.1, 0.15) is 0 Å². The van der Waals surface area contributed by atoms with Gasteiger partial charge in [-0.25, -0.2) is 9.37 Å². The summed E-state index contributed by atoms with van der Waals surface area (Å²) in [6.07, 6.45) is 0. The number of hydrogen-bond donors (Lipinski definition) is 1. The van der Waals surface area contributed by atoms with Gasteiger partial charge in [-0.2, -0.15) is 0 Å². The Labute approximate surface area is 113 Å². The first-order valence-electron chi connectivity index (χ1n) is 5.90. The van der Waals surface area contributed by atoms with Crippen LogP contribution in [0.4, 0.5) is 4.39 Å². The van der Waals surface area contributed by atoms with Gasteiger partial charge < -0.3 is 4.98 Å². The van der Waals surface area contributed by atoms with E-state index >= 15 is 0 Å². The molecule has 0 radical (unpaired) electrons. The first-order chi connectivity index (χ1) is 9.25. The Balaban J connectivity index is 2.30. The van der Waals surface area contributed by atoms with Crippen molar-refractivity contribution in [2.75, 3.05) is 0 Å². The van der Waals surface area contributed by atoms with Gasteiger partial charge in [-0.1, -0.05) is 35.9 Å². The third-order valence-corrected chi connectivity index (χ3v) is 3.72. The second-order valence-electron chi connectivity index (χ2n) is 4.45. The normalized spacial score (nSPS) is 11.7. The van der Waals surface area contributed by atoms with Crippen LogP contribution in [0.25, 0.3) is 33.2 Å². The minimum atomic E-state index is -0.289. The third kappa shape index (κ3) is 1.39. The molecule has 0 unspecified atom stereocenters. The monoisotopic (exact) mass is 270 g/mol. The number of rotatable bonds is 0. The molecule has 19 heavy (non-hydrogen) atoms. The molecule has 0 aromatic heterocycles. The molecular formula is C15H8ClFN2. The Morgan fingerprint density at radius 3 is 2.79 bits per heavy atom. The van der Waals surface area contributed by atoms with Crippen molar-refractivity contribution in [1.82, 2.24) is 9.97 Å². The molecule has 0 fully saturated rings. The summed E-state index contributed by atoms with van der Waals surface area (Å²) < 4.78 is 14.0. The van der Waals surface area contributed by atoms with Gasteiger partial charge in [0.25, 0.3) is 0 Å². The lowest BCUT2D eigenvalue weighted by Crippen LogP contribution is -1.88. The number of nitrogens with one attached hydrogen (secondary N) is 1. The van der Waals surface area contributed by atoms with E-state index in [2.05, 4.69) is 9.97 Å². The van der Waals surface area contributed by atoms with Gasteiger partial charge in [-0.05, 0) is 18.2 Å². The van der Waals surface area contributed by atoms with Crippen LogP contribution in [0.15, 0.2) is 42.5 Å². The van der Waals surface area contributed by atoms with Gasteiger partial charge in [-0.3, -0.25) is 0 Å². The highest BCUT2D eigenvalue weighted by Gasteiger charge is 2.20. The smallest absolute Gasteiger partial charge is 0.134 e. The van der Waals surface area contributed by atoms with E-state index in [9.17, 15) is 4.39 Å². The SMILES string of the molecule is Fc1cccc2nc3c(Cl)c4ccccc4[nH]c-3c12. The molecule has 0 bridgehead atoms. The molecule has 0 saturated carbocycles. The van der Waals surface area contributed by atoms with Crippen LogP contribution in [0, 0.1) is 5.82 Å². The number of aromatic amines is 1. The van der Waals surface area contributed by atoms with Gasteiger partial charge in [-0.15, -0.1) is 0 Å². The van der Waals surface area contributed by atoms with Crippen molar-refractivity contribution < 1.29 is 4.39 Å². The molecular weight excluding hydrogens is 263 g/mol. The van der Waals surface area contributed by atoms with Crippen LogP contribution < -0.4 is 0 Å². The fourth-order valence-corrected chi connectivity index (χ4v) is 2.78. The van der Waals surface area contributed by atoms with Crippen molar-refractivity contribution in [3.05, 3.63) is 53.3 Å². The zero-order valence-corrected chi connectivity index (χ0v) is 10.5. The maximum absolute atomic E-state index is 14.0. The molecule has 1 N–H and O–H groups in total. The minimum Gasteiger partial charge on any atom is -0.353 e. The molecule has 0 aliphatic carbocycles. The van der Waals surface area contributed by atoms with Crippen molar-refractivity contribution in [3.63, 3.8) is 0 Å². The summed E-state index contributed by atoms with van der Waals surface area (Å²) in [6.45, 7) is 0. The van der Waals surface area contributed by atoms with E-state index in [4.69, 9.17) is 11.6 Å². The maximum Gasteiger partial charge on any atom is 0.134 e. The number of nitrogens with zero attached hydrogens (tertiary/aromatic N) is 1. The van der Waals surface area contributed by atoms with Gasteiger partial charge in [0, 0.05) is 10.9 Å². The van der Waals surface area contributed by atoms with E-state index in [-0.39, 0.29) is 5.82 Å². The van der Waals surface area contributed by atoms with Crippen LogP contribution in [0.3, 0.4) is 0 Å². The number of H-pyrrole nitrogens is 1. The largest absolute Gasteiger partial charge is 0.353 e. The van der Waals surface area contributed by atoms with E-state index in [1.165, 1.54) is 6.07 Å². The zero-order valence-electron chi connectivity index (χ0n) is 9.74. The maximum atomic E-state index is 14.0. The number of hydrogen-bond acceptors (Lipinski definition) is 1. The highest BCUT2D eigenvalue weighted by molar-refractivity contribution is 6.38. The summed E-state index contributed by atoms with van der Waals surface area (Å²) in [4.78, 5) is 7.65. The number of aromatic nitrogens is 2. The van der Waals surface area contributed by atoms with Gasteiger partial charge in [0.05, 0.1) is 21.6 Å². The van der Waals surface area contributed by atoms with Crippen molar-refractivity contribution in [2.45, 2.75) is 0 Å². The molecule has 2 aliphatic rings. The van der Waals surface area contributed by atoms with Crippen LogP contribution in [0.5, 0.6) is 0 Å². The molecule has 2 aromatic carbocycles. The molecule has 2 aliphatic heterocycles. The number of halogens is 2. The number of pyridine rings is 1. The summed E-state index contributed by atoms with van der Waals surface area (Å²) in [5.41, 5.74) is 2.75. The lowest BCUT2D eigenvalue weighted by atomic mass is 10.1. The Kier molecular flexibility index (Phi) is 2.09. The standard InChI is InChI=1S/C15H8ClFN2/c16-13-8-4-1-2-6-10(8)18-14-12-9(17)5-3-7-11(12)19-15(13)14/h1-7,18H. The Morgan fingerprint density at radius 1 is 1.05 bits per heavy atom. The molecule has 0 amide bonds. The summed E-state index contributed by atoms with van der Waals surface area (Å²) in [5, 5.41) is 1.94. The summed E-state index contributed by atoms with van der Waals surface area (Å²) >= 11 is 6.39. The molecule has 4 heteroatoms. The number of fused-ring (bicyclic) bond motifs is 4. The number of benzene rings is 2. The van der Waals surface area contributed by atoms with Gasteiger partial charge in [0.15, 0.2) is 0 Å². The molecule has 0 atom stereocenters. The second-order valence-corrected chi connectivity index (χ2v) is 4.83. The van der Waals surface area contributed by atoms with Gasteiger partial charge >= 0.3 is 0 Å². The van der Waals surface area contributed by atoms with Crippen molar-refractivity contribution >= 4 is 33.4 Å². The molecule has 92 valence electrons. The van der Waals surface area contributed by atoms with E-state index in [0.29, 0.717) is 27.3 Å². The molecule has 2 aromatic rings. The quantitative estimate of drug-likeness (QED) is 0.496. The lowest BCUT2D eigenvalue weighted by Gasteiger charge is -2.07. The predicted octanol–water partition coefficient (Wildman–Crippen LogP) is 4.61.